The Morgan fingerprint density at radius 1 is 1.82 bits per heavy atom. The number of hydrogen-bond acceptors (Lipinski definition) is 5. The Balaban J connectivity index is 3.21. The lowest BCUT2D eigenvalue weighted by atomic mass is 10.3. The van der Waals surface area contributed by atoms with Crippen LogP contribution in [0.3, 0.4) is 0 Å². The first kappa shape index (κ1) is 8.22. The molecule has 0 unspecified atom stereocenters. The number of carbonyl (C=O) groups is 1. The first-order chi connectivity index (χ1) is 5.16. The fourth-order valence-corrected chi connectivity index (χ4v) is 1.59. The van der Waals surface area contributed by atoms with Crippen LogP contribution in [0, 0.1) is 4.64 Å². The third-order valence-corrected chi connectivity index (χ3v) is 2.28. The molecule has 0 saturated carbocycles. The van der Waals surface area contributed by atoms with Crippen LogP contribution in [0.4, 0.5) is 5.00 Å². The SMILES string of the molecule is COC(=O)c1c(N)s[nH]c1=S. The average Bonchev–Trinajstić information content (AvgIpc) is 2.30. The van der Waals surface area contributed by atoms with Gasteiger partial charge in [-0.3, -0.25) is 4.37 Å². The molecule has 0 aliphatic carbocycles. The molecule has 4 nitrogen and oxygen atoms in total. The highest BCUT2D eigenvalue weighted by atomic mass is 32.1. The Morgan fingerprint density at radius 3 is 2.82 bits per heavy atom. The maximum Gasteiger partial charge on any atom is 0.343 e. The number of aromatic nitrogens is 1. The summed E-state index contributed by atoms with van der Waals surface area (Å²) < 4.78 is 7.47. The fraction of sp³-hybridized carbons (Fsp3) is 0.200. The zero-order valence-electron chi connectivity index (χ0n) is 5.71. The Kier molecular flexibility index (Phi) is 2.25. The van der Waals surface area contributed by atoms with E-state index in [1.807, 2.05) is 0 Å². The molecule has 0 fully saturated rings. The van der Waals surface area contributed by atoms with Crippen LogP contribution in [-0.2, 0) is 4.74 Å². The van der Waals surface area contributed by atoms with Crippen molar-refractivity contribution in [2.24, 2.45) is 0 Å². The lowest BCUT2D eigenvalue weighted by molar-refractivity contribution is 0.0601. The summed E-state index contributed by atoms with van der Waals surface area (Å²) in [5.74, 6) is -0.495. The van der Waals surface area contributed by atoms with Crippen molar-refractivity contribution < 1.29 is 9.53 Å². The zero-order chi connectivity index (χ0) is 8.43. The number of H-pyrrole nitrogens is 1. The topological polar surface area (TPSA) is 68.1 Å². The van der Waals surface area contributed by atoms with E-state index in [2.05, 4.69) is 9.11 Å². The first-order valence-corrected chi connectivity index (χ1v) is 3.94. The molecule has 0 aliphatic rings. The number of ether oxygens (including phenoxy) is 1. The number of anilines is 1. The minimum Gasteiger partial charge on any atom is -0.465 e. The lowest BCUT2D eigenvalue weighted by Crippen LogP contribution is -2.02. The zero-order valence-corrected chi connectivity index (χ0v) is 7.34. The van der Waals surface area contributed by atoms with Gasteiger partial charge < -0.3 is 10.5 Å². The highest BCUT2D eigenvalue weighted by molar-refractivity contribution is 7.71. The van der Waals surface area contributed by atoms with Crippen molar-refractivity contribution in [1.82, 2.24) is 4.37 Å². The van der Waals surface area contributed by atoms with Gasteiger partial charge >= 0.3 is 5.97 Å². The summed E-state index contributed by atoms with van der Waals surface area (Å²) in [5, 5.41) is 0.363. The monoisotopic (exact) mass is 190 g/mol. The van der Waals surface area contributed by atoms with Crippen molar-refractivity contribution >= 4 is 34.7 Å². The van der Waals surface area contributed by atoms with Gasteiger partial charge in [0.1, 0.15) is 15.2 Å². The van der Waals surface area contributed by atoms with E-state index >= 15 is 0 Å². The molecule has 0 aromatic carbocycles. The second kappa shape index (κ2) is 3.02. The number of rotatable bonds is 1. The number of methoxy groups -OCH3 is 1. The van der Waals surface area contributed by atoms with Crippen molar-refractivity contribution in [3.8, 4) is 0 Å². The van der Waals surface area contributed by atoms with Gasteiger partial charge in [0.05, 0.1) is 7.11 Å². The van der Waals surface area contributed by atoms with E-state index < -0.39 is 5.97 Å². The number of nitrogens with two attached hydrogens (primary N) is 1. The maximum atomic E-state index is 10.9. The number of carbonyl (C=O) groups excluding carboxylic acids is 1. The summed E-state index contributed by atoms with van der Waals surface area (Å²) in [6.45, 7) is 0. The largest absolute Gasteiger partial charge is 0.465 e. The molecule has 0 radical (unpaired) electrons. The van der Waals surface area contributed by atoms with Crippen LogP contribution >= 0.6 is 23.8 Å². The molecular formula is C5H6N2O2S2. The summed E-state index contributed by atoms with van der Waals surface area (Å²) in [5.41, 5.74) is 5.69. The second-order valence-corrected chi connectivity index (χ2v) is 3.02. The molecule has 0 bridgehead atoms. The van der Waals surface area contributed by atoms with Gasteiger partial charge in [0.15, 0.2) is 0 Å². The van der Waals surface area contributed by atoms with Crippen molar-refractivity contribution in [3.05, 3.63) is 10.2 Å². The van der Waals surface area contributed by atoms with Crippen LogP contribution < -0.4 is 5.73 Å². The minimum atomic E-state index is -0.495. The Hall–Kier alpha value is -0.880. The molecule has 0 aliphatic heterocycles. The maximum absolute atomic E-state index is 10.9. The Morgan fingerprint density at radius 2 is 2.45 bits per heavy atom. The van der Waals surface area contributed by atoms with Gasteiger partial charge in [-0.15, -0.1) is 0 Å². The minimum absolute atomic E-state index is 0.257. The van der Waals surface area contributed by atoms with Crippen molar-refractivity contribution in [2.75, 3.05) is 12.8 Å². The highest BCUT2D eigenvalue weighted by Crippen LogP contribution is 2.18. The summed E-state index contributed by atoms with van der Waals surface area (Å²) in [6.07, 6.45) is 0. The third-order valence-electron chi connectivity index (χ3n) is 1.12. The molecule has 1 heterocycles. The Bertz CT molecular complexity index is 327. The van der Waals surface area contributed by atoms with Gasteiger partial charge in [0.2, 0.25) is 0 Å². The highest BCUT2D eigenvalue weighted by Gasteiger charge is 2.13. The molecule has 0 amide bonds. The quantitative estimate of drug-likeness (QED) is 0.515. The lowest BCUT2D eigenvalue weighted by Gasteiger charge is -1.93. The standard InChI is InChI=1S/C5H6N2O2S2/c1-9-5(8)2-3(6)11-7-4(2)10/h6H2,1H3,(H,7,10). The smallest absolute Gasteiger partial charge is 0.343 e. The summed E-state index contributed by atoms with van der Waals surface area (Å²) in [7, 11) is 1.29. The van der Waals surface area contributed by atoms with Crippen LogP contribution in [0.15, 0.2) is 0 Å². The molecule has 11 heavy (non-hydrogen) atoms. The van der Waals surface area contributed by atoms with Crippen molar-refractivity contribution in [2.45, 2.75) is 0 Å². The molecular weight excluding hydrogens is 184 g/mol. The van der Waals surface area contributed by atoms with E-state index in [4.69, 9.17) is 18.0 Å². The van der Waals surface area contributed by atoms with Crippen LogP contribution in [0.5, 0.6) is 0 Å². The number of esters is 1. The van der Waals surface area contributed by atoms with E-state index in [-0.39, 0.29) is 5.56 Å². The predicted octanol–water partition coefficient (Wildman–Crippen LogP) is 1.17. The fourth-order valence-electron chi connectivity index (χ4n) is 0.611. The molecule has 0 saturated heterocycles. The first-order valence-electron chi connectivity index (χ1n) is 2.72. The van der Waals surface area contributed by atoms with Crippen molar-refractivity contribution in [3.63, 3.8) is 0 Å². The normalized spacial score (nSPS) is 9.55. The number of aromatic amines is 1. The molecule has 1 aromatic heterocycles. The number of nitrogen functional groups attached to an aromatic ring is 1. The van der Waals surface area contributed by atoms with Gasteiger partial charge in [-0.1, -0.05) is 12.2 Å². The molecule has 0 atom stereocenters. The van der Waals surface area contributed by atoms with Crippen LogP contribution in [0.25, 0.3) is 0 Å². The summed E-state index contributed by atoms with van der Waals surface area (Å²) in [6, 6.07) is 0. The molecule has 1 rings (SSSR count). The summed E-state index contributed by atoms with van der Waals surface area (Å²) >= 11 is 5.91. The number of nitrogens with one attached hydrogen (secondary N) is 1. The van der Waals surface area contributed by atoms with Gasteiger partial charge in [-0.25, -0.2) is 4.79 Å². The van der Waals surface area contributed by atoms with Crippen LogP contribution in [-0.4, -0.2) is 17.5 Å². The van der Waals surface area contributed by atoms with E-state index in [1.165, 1.54) is 7.11 Å². The average molecular weight is 190 g/mol. The molecule has 0 spiro atoms. The predicted molar refractivity (Wildman–Crippen MR) is 45.3 cm³/mol. The summed E-state index contributed by atoms with van der Waals surface area (Å²) in [4.78, 5) is 10.9. The van der Waals surface area contributed by atoms with Gasteiger partial charge in [0, 0.05) is 0 Å². The molecule has 1 aromatic rings. The van der Waals surface area contributed by atoms with E-state index in [1.54, 1.807) is 0 Å². The van der Waals surface area contributed by atoms with Crippen molar-refractivity contribution in [1.29, 1.82) is 0 Å². The molecule has 3 N–H and O–H groups in total. The Labute approximate surface area is 72.1 Å². The van der Waals surface area contributed by atoms with Crippen LogP contribution in [0.1, 0.15) is 10.4 Å². The second-order valence-electron chi connectivity index (χ2n) is 1.76. The van der Waals surface area contributed by atoms with Gasteiger partial charge in [0.25, 0.3) is 0 Å². The van der Waals surface area contributed by atoms with E-state index in [0.29, 0.717) is 9.64 Å². The number of hydrogen-bond donors (Lipinski definition) is 2. The van der Waals surface area contributed by atoms with E-state index in [0.717, 1.165) is 11.5 Å². The van der Waals surface area contributed by atoms with E-state index in [9.17, 15) is 4.79 Å². The van der Waals surface area contributed by atoms with Gasteiger partial charge in [-0.2, -0.15) is 0 Å². The van der Waals surface area contributed by atoms with Crippen LogP contribution in [0.2, 0.25) is 0 Å². The molecule has 6 heteroatoms. The third kappa shape index (κ3) is 1.41. The van der Waals surface area contributed by atoms with Gasteiger partial charge in [-0.05, 0) is 11.5 Å². The molecule has 60 valence electrons.